The third-order valence-electron chi connectivity index (χ3n) is 3.61. The largest absolute Gasteiger partial charge is 0.481 e. The van der Waals surface area contributed by atoms with Crippen LogP contribution in [0.15, 0.2) is 47.6 Å². The summed E-state index contributed by atoms with van der Waals surface area (Å²) in [7, 11) is 0. The van der Waals surface area contributed by atoms with E-state index < -0.39 is 6.10 Å². The van der Waals surface area contributed by atoms with Crippen molar-refractivity contribution in [3.05, 3.63) is 64.2 Å². The van der Waals surface area contributed by atoms with E-state index in [9.17, 15) is 4.79 Å². The summed E-state index contributed by atoms with van der Waals surface area (Å²) in [6.45, 7) is 7.43. The third-order valence-corrected chi connectivity index (χ3v) is 3.85. The van der Waals surface area contributed by atoms with Crippen LogP contribution >= 0.6 is 11.6 Å². The van der Waals surface area contributed by atoms with Gasteiger partial charge in [-0.25, -0.2) is 5.43 Å². The molecular weight excluding hydrogens is 324 g/mol. The van der Waals surface area contributed by atoms with E-state index in [0.717, 1.165) is 16.8 Å². The van der Waals surface area contributed by atoms with E-state index in [1.54, 1.807) is 25.1 Å². The first-order valence-electron chi connectivity index (χ1n) is 7.71. The Balaban J connectivity index is 1.98. The van der Waals surface area contributed by atoms with E-state index in [1.807, 2.05) is 45.0 Å². The fourth-order valence-corrected chi connectivity index (χ4v) is 2.30. The van der Waals surface area contributed by atoms with Gasteiger partial charge < -0.3 is 4.74 Å². The van der Waals surface area contributed by atoms with Crippen LogP contribution in [0.5, 0.6) is 5.75 Å². The molecule has 0 heterocycles. The number of carbonyl (C=O) groups is 1. The second-order valence-electron chi connectivity index (χ2n) is 5.71. The molecule has 0 radical (unpaired) electrons. The minimum Gasteiger partial charge on any atom is -0.481 e. The summed E-state index contributed by atoms with van der Waals surface area (Å²) in [5.74, 6) is 0.317. The number of nitrogens with one attached hydrogen (secondary N) is 1. The Kier molecular flexibility index (Phi) is 5.99. The standard InChI is InChI=1S/C19H21ClN2O2/c1-12-5-7-16(8-6-12)14(3)21-22-19(23)15(4)24-18-10-9-17(20)11-13(18)2/h5-11,15H,1-4H3,(H,22,23)/b21-14+. The van der Waals surface area contributed by atoms with Gasteiger partial charge >= 0.3 is 0 Å². The van der Waals surface area contributed by atoms with Crippen LogP contribution in [0.25, 0.3) is 0 Å². The fourth-order valence-electron chi connectivity index (χ4n) is 2.08. The highest BCUT2D eigenvalue weighted by molar-refractivity contribution is 6.30. The fraction of sp³-hybridized carbons (Fsp3) is 0.263. The molecule has 4 nitrogen and oxygen atoms in total. The van der Waals surface area contributed by atoms with Crippen LogP contribution < -0.4 is 10.2 Å². The lowest BCUT2D eigenvalue weighted by Gasteiger charge is -2.15. The highest BCUT2D eigenvalue weighted by Gasteiger charge is 2.15. The number of carbonyl (C=O) groups excluding carboxylic acids is 1. The number of hydrazone groups is 1. The van der Waals surface area contributed by atoms with E-state index in [4.69, 9.17) is 16.3 Å². The van der Waals surface area contributed by atoms with Crippen molar-refractivity contribution in [1.82, 2.24) is 5.43 Å². The second-order valence-corrected chi connectivity index (χ2v) is 6.15. The Morgan fingerprint density at radius 1 is 1.17 bits per heavy atom. The lowest BCUT2D eigenvalue weighted by atomic mass is 10.1. The third kappa shape index (κ3) is 4.83. The Morgan fingerprint density at radius 3 is 2.46 bits per heavy atom. The van der Waals surface area contributed by atoms with Gasteiger partial charge in [0.2, 0.25) is 0 Å². The monoisotopic (exact) mass is 344 g/mol. The van der Waals surface area contributed by atoms with Crippen LogP contribution in [0.3, 0.4) is 0 Å². The molecule has 1 unspecified atom stereocenters. The molecule has 1 N–H and O–H groups in total. The molecule has 0 aliphatic carbocycles. The van der Waals surface area contributed by atoms with Gasteiger partial charge in [0.05, 0.1) is 5.71 Å². The molecule has 0 aliphatic rings. The molecule has 126 valence electrons. The number of aryl methyl sites for hydroxylation is 2. The van der Waals surface area contributed by atoms with Crippen molar-refractivity contribution in [2.24, 2.45) is 5.10 Å². The van der Waals surface area contributed by atoms with Crippen molar-refractivity contribution in [3.8, 4) is 5.75 Å². The molecule has 1 atom stereocenters. The maximum Gasteiger partial charge on any atom is 0.280 e. The van der Waals surface area contributed by atoms with E-state index >= 15 is 0 Å². The van der Waals surface area contributed by atoms with Crippen LogP contribution in [0.1, 0.15) is 30.5 Å². The summed E-state index contributed by atoms with van der Waals surface area (Å²) in [6, 6.07) is 13.2. The van der Waals surface area contributed by atoms with Gasteiger partial charge in [-0.1, -0.05) is 41.4 Å². The highest BCUT2D eigenvalue weighted by Crippen LogP contribution is 2.22. The normalized spacial score (nSPS) is 12.6. The summed E-state index contributed by atoms with van der Waals surface area (Å²) in [4.78, 5) is 12.1. The predicted octanol–water partition coefficient (Wildman–Crippen LogP) is 4.26. The summed E-state index contributed by atoms with van der Waals surface area (Å²) in [6.07, 6.45) is -0.667. The zero-order valence-corrected chi connectivity index (χ0v) is 15.0. The number of rotatable bonds is 5. The number of halogens is 1. The van der Waals surface area contributed by atoms with Gasteiger partial charge in [0.25, 0.3) is 5.91 Å². The number of benzene rings is 2. The number of nitrogens with zero attached hydrogens (tertiary/aromatic N) is 1. The van der Waals surface area contributed by atoms with E-state index in [0.29, 0.717) is 10.8 Å². The quantitative estimate of drug-likeness (QED) is 0.650. The molecule has 0 aliphatic heterocycles. The van der Waals surface area contributed by atoms with Crippen molar-refractivity contribution in [1.29, 1.82) is 0 Å². The summed E-state index contributed by atoms with van der Waals surface area (Å²) in [5, 5.41) is 4.77. The Morgan fingerprint density at radius 2 is 1.83 bits per heavy atom. The smallest absolute Gasteiger partial charge is 0.280 e. The van der Waals surface area contributed by atoms with Gasteiger partial charge in [-0.05, 0) is 57.0 Å². The molecule has 0 saturated carbocycles. The van der Waals surface area contributed by atoms with Crippen LogP contribution in [0.2, 0.25) is 5.02 Å². The van der Waals surface area contributed by atoms with Crippen molar-refractivity contribution in [2.45, 2.75) is 33.8 Å². The number of amides is 1. The van der Waals surface area contributed by atoms with Crippen molar-refractivity contribution in [2.75, 3.05) is 0 Å². The average molecular weight is 345 g/mol. The van der Waals surface area contributed by atoms with Crippen LogP contribution in [0.4, 0.5) is 0 Å². The van der Waals surface area contributed by atoms with Gasteiger partial charge in [-0.2, -0.15) is 5.10 Å². The molecule has 0 saturated heterocycles. The molecule has 0 aromatic heterocycles. The van der Waals surface area contributed by atoms with Gasteiger partial charge in [0.15, 0.2) is 6.10 Å². The molecular formula is C19H21ClN2O2. The number of hydrogen-bond acceptors (Lipinski definition) is 3. The molecule has 1 amide bonds. The lowest BCUT2D eigenvalue weighted by Crippen LogP contribution is -2.34. The topological polar surface area (TPSA) is 50.7 Å². The Hall–Kier alpha value is -2.33. The Bertz CT molecular complexity index is 754. The van der Waals surface area contributed by atoms with E-state index in [2.05, 4.69) is 10.5 Å². The molecule has 2 aromatic carbocycles. The summed E-state index contributed by atoms with van der Waals surface area (Å²) < 4.78 is 5.68. The molecule has 0 bridgehead atoms. The number of hydrogen-bond donors (Lipinski definition) is 1. The van der Waals surface area contributed by atoms with Crippen LogP contribution in [-0.2, 0) is 4.79 Å². The summed E-state index contributed by atoms with van der Waals surface area (Å²) in [5.41, 5.74) is 6.29. The first-order valence-corrected chi connectivity index (χ1v) is 8.08. The Labute approximate surface area is 147 Å². The maximum absolute atomic E-state index is 12.1. The average Bonchev–Trinajstić information content (AvgIpc) is 2.55. The van der Waals surface area contributed by atoms with Gasteiger partial charge in [-0.3, -0.25) is 4.79 Å². The minimum absolute atomic E-state index is 0.309. The molecule has 0 fully saturated rings. The van der Waals surface area contributed by atoms with Crippen molar-refractivity contribution >= 4 is 23.2 Å². The molecule has 24 heavy (non-hydrogen) atoms. The zero-order chi connectivity index (χ0) is 17.7. The van der Waals surface area contributed by atoms with Crippen LogP contribution in [0, 0.1) is 13.8 Å². The van der Waals surface area contributed by atoms with Gasteiger partial charge in [-0.15, -0.1) is 0 Å². The minimum atomic E-state index is -0.667. The van der Waals surface area contributed by atoms with E-state index in [1.165, 1.54) is 5.56 Å². The molecule has 2 aromatic rings. The molecule has 0 spiro atoms. The zero-order valence-electron chi connectivity index (χ0n) is 14.3. The number of ether oxygens (including phenoxy) is 1. The SMILES string of the molecule is C/C(=N\NC(=O)C(C)Oc1ccc(Cl)cc1C)c1ccc(C)cc1. The lowest BCUT2D eigenvalue weighted by molar-refractivity contribution is -0.127. The van der Waals surface area contributed by atoms with Gasteiger partial charge in [0, 0.05) is 5.02 Å². The maximum atomic E-state index is 12.1. The first kappa shape index (κ1) is 18.0. The van der Waals surface area contributed by atoms with E-state index in [-0.39, 0.29) is 5.91 Å². The second kappa shape index (κ2) is 7.97. The van der Waals surface area contributed by atoms with Crippen molar-refractivity contribution < 1.29 is 9.53 Å². The van der Waals surface area contributed by atoms with Gasteiger partial charge in [0.1, 0.15) is 5.75 Å². The first-order chi connectivity index (χ1) is 11.4. The van der Waals surface area contributed by atoms with Crippen molar-refractivity contribution in [3.63, 3.8) is 0 Å². The molecule has 5 heteroatoms. The van der Waals surface area contributed by atoms with Crippen LogP contribution in [-0.4, -0.2) is 17.7 Å². The summed E-state index contributed by atoms with van der Waals surface area (Å²) >= 11 is 5.92. The predicted molar refractivity (Wildman–Crippen MR) is 97.8 cm³/mol. The molecule has 2 rings (SSSR count). The highest BCUT2D eigenvalue weighted by atomic mass is 35.5.